The topological polar surface area (TPSA) is 106 Å². The van der Waals surface area contributed by atoms with Gasteiger partial charge < -0.3 is 14.6 Å². The van der Waals surface area contributed by atoms with E-state index in [1.54, 1.807) is 49.5 Å². The van der Waals surface area contributed by atoms with Crippen LogP contribution >= 0.6 is 11.8 Å². The quantitative estimate of drug-likeness (QED) is 0.559. The zero-order valence-electron chi connectivity index (χ0n) is 16.2. The van der Waals surface area contributed by atoms with Crippen molar-refractivity contribution in [3.63, 3.8) is 0 Å². The van der Waals surface area contributed by atoms with Crippen LogP contribution in [0.25, 0.3) is 6.08 Å². The Morgan fingerprint density at radius 1 is 1.20 bits per heavy atom. The van der Waals surface area contributed by atoms with Crippen LogP contribution in [0.4, 0.5) is 5.69 Å². The van der Waals surface area contributed by atoms with Crippen molar-refractivity contribution in [2.45, 2.75) is 0 Å². The summed E-state index contributed by atoms with van der Waals surface area (Å²) in [6.07, 6.45) is 1.66. The van der Waals surface area contributed by atoms with Gasteiger partial charge in [0.15, 0.2) is 11.8 Å². The van der Waals surface area contributed by atoms with Crippen molar-refractivity contribution in [1.29, 1.82) is 0 Å². The second-order valence-electron chi connectivity index (χ2n) is 6.13. The zero-order valence-corrected chi connectivity index (χ0v) is 17.0. The molecule has 1 saturated heterocycles. The number of esters is 1. The van der Waals surface area contributed by atoms with Crippen LogP contribution in [0, 0.1) is 0 Å². The molecule has 0 aliphatic carbocycles. The summed E-state index contributed by atoms with van der Waals surface area (Å²) >= 11 is 1.16. The van der Waals surface area contributed by atoms with Crippen molar-refractivity contribution in [2.24, 2.45) is 4.99 Å². The van der Waals surface area contributed by atoms with Crippen LogP contribution < -0.4 is 4.74 Å². The molecule has 0 aromatic heterocycles. The molecule has 0 atom stereocenters. The summed E-state index contributed by atoms with van der Waals surface area (Å²) in [7, 11) is 2.87. The summed E-state index contributed by atoms with van der Waals surface area (Å²) in [6.45, 7) is -0.246. The van der Waals surface area contributed by atoms with E-state index in [1.165, 1.54) is 24.1 Å². The number of methoxy groups -OCH3 is 1. The highest BCUT2D eigenvalue weighted by Crippen LogP contribution is 2.34. The molecule has 154 valence electrons. The minimum Gasteiger partial charge on any atom is -0.481 e. The van der Waals surface area contributed by atoms with Gasteiger partial charge in [0.25, 0.3) is 5.91 Å². The third-order valence-corrected chi connectivity index (χ3v) is 5.16. The van der Waals surface area contributed by atoms with Crippen LogP contribution in [0.5, 0.6) is 5.75 Å². The SMILES string of the molecule is COC(=O)COc1ccccc1/C=C1\SC(=Nc2cccc(C(=O)O)c2)N(C)C1=O. The Balaban J connectivity index is 1.86. The molecule has 0 saturated carbocycles. The van der Waals surface area contributed by atoms with Gasteiger partial charge in [-0.05, 0) is 42.1 Å². The van der Waals surface area contributed by atoms with Gasteiger partial charge in [-0.2, -0.15) is 0 Å². The largest absolute Gasteiger partial charge is 0.481 e. The number of rotatable bonds is 6. The first-order chi connectivity index (χ1) is 14.4. The number of amidine groups is 1. The van der Waals surface area contributed by atoms with Crippen LogP contribution in [-0.4, -0.2) is 53.8 Å². The fraction of sp³-hybridized carbons (Fsp3) is 0.143. The van der Waals surface area contributed by atoms with E-state index in [4.69, 9.17) is 9.84 Å². The molecule has 0 unspecified atom stereocenters. The summed E-state index contributed by atoms with van der Waals surface area (Å²) in [5.74, 6) is -1.38. The fourth-order valence-electron chi connectivity index (χ4n) is 2.54. The first kappa shape index (κ1) is 21.1. The van der Waals surface area contributed by atoms with E-state index in [2.05, 4.69) is 9.73 Å². The van der Waals surface area contributed by atoms with E-state index in [0.29, 0.717) is 27.1 Å². The normalized spacial score (nSPS) is 16.2. The maximum Gasteiger partial charge on any atom is 0.343 e. The van der Waals surface area contributed by atoms with Crippen LogP contribution in [0.2, 0.25) is 0 Å². The van der Waals surface area contributed by atoms with Gasteiger partial charge in [-0.1, -0.05) is 24.3 Å². The van der Waals surface area contributed by atoms with Gasteiger partial charge in [0.1, 0.15) is 5.75 Å². The lowest BCUT2D eigenvalue weighted by Gasteiger charge is -2.08. The fourth-order valence-corrected chi connectivity index (χ4v) is 3.52. The van der Waals surface area contributed by atoms with Gasteiger partial charge in [-0.3, -0.25) is 9.69 Å². The number of carboxylic acids is 1. The van der Waals surface area contributed by atoms with Crippen LogP contribution in [-0.2, 0) is 14.3 Å². The van der Waals surface area contributed by atoms with Crippen LogP contribution in [0.3, 0.4) is 0 Å². The first-order valence-electron chi connectivity index (χ1n) is 8.77. The molecule has 8 nitrogen and oxygen atoms in total. The highest BCUT2D eigenvalue weighted by molar-refractivity contribution is 8.18. The van der Waals surface area contributed by atoms with Gasteiger partial charge >= 0.3 is 11.9 Å². The summed E-state index contributed by atoms with van der Waals surface area (Å²) in [5, 5.41) is 9.54. The Kier molecular flexibility index (Phi) is 6.53. The lowest BCUT2D eigenvalue weighted by Crippen LogP contribution is -2.23. The predicted molar refractivity (Wildman–Crippen MR) is 113 cm³/mol. The number of nitrogens with zero attached hydrogens (tertiary/aromatic N) is 2. The van der Waals surface area contributed by atoms with Crippen molar-refractivity contribution in [3.05, 3.63) is 64.6 Å². The number of aliphatic imine (C=N–C) groups is 1. The Morgan fingerprint density at radius 2 is 1.97 bits per heavy atom. The molecule has 0 bridgehead atoms. The Hall–Kier alpha value is -3.59. The molecule has 3 rings (SSSR count). The Bertz CT molecular complexity index is 1060. The van der Waals surface area contributed by atoms with E-state index in [0.717, 1.165) is 11.8 Å². The van der Waals surface area contributed by atoms with E-state index >= 15 is 0 Å². The second kappa shape index (κ2) is 9.27. The Labute approximate surface area is 176 Å². The number of carboxylic acid groups (broad SMARTS) is 1. The van der Waals surface area contributed by atoms with Gasteiger partial charge in [0.05, 0.1) is 23.3 Å². The van der Waals surface area contributed by atoms with E-state index in [9.17, 15) is 14.4 Å². The van der Waals surface area contributed by atoms with Crippen LogP contribution in [0.1, 0.15) is 15.9 Å². The number of likely N-dealkylation sites (N-methyl/N-ethyl adjacent to an activating group) is 1. The minimum absolute atomic E-state index is 0.112. The van der Waals surface area contributed by atoms with E-state index in [1.807, 2.05) is 0 Å². The molecular weight excluding hydrogens is 408 g/mol. The van der Waals surface area contributed by atoms with Crippen molar-refractivity contribution in [1.82, 2.24) is 4.90 Å². The summed E-state index contributed by atoms with van der Waals surface area (Å²) < 4.78 is 10.1. The van der Waals surface area contributed by atoms with Gasteiger partial charge in [0, 0.05) is 12.6 Å². The minimum atomic E-state index is -1.05. The number of ether oxygens (including phenoxy) is 2. The number of carbonyl (C=O) groups excluding carboxylic acids is 2. The molecule has 2 aromatic carbocycles. The Morgan fingerprint density at radius 3 is 2.70 bits per heavy atom. The highest BCUT2D eigenvalue weighted by Gasteiger charge is 2.30. The van der Waals surface area contributed by atoms with Crippen molar-refractivity contribution < 1.29 is 29.0 Å². The maximum atomic E-state index is 12.7. The predicted octanol–water partition coefficient (Wildman–Crippen LogP) is 3.17. The molecule has 1 aliphatic heterocycles. The molecule has 9 heteroatoms. The number of hydrogen-bond acceptors (Lipinski definition) is 7. The average Bonchev–Trinajstić information content (AvgIpc) is 3.00. The van der Waals surface area contributed by atoms with Crippen molar-refractivity contribution in [2.75, 3.05) is 20.8 Å². The number of carbonyl (C=O) groups is 3. The third-order valence-electron chi connectivity index (χ3n) is 4.10. The molecule has 30 heavy (non-hydrogen) atoms. The monoisotopic (exact) mass is 426 g/mol. The molecule has 0 radical (unpaired) electrons. The molecule has 1 amide bonds. The lowest BCUT2D eigenvalue weighted by molar-refractivity contribution is -0.142. The van der Waals surface area contributed by atoms with Gasteiger partial charge in [-0.25, -0.2) is 14.6 Å². The number of thioether (sulfide) groups is 1. The first-order valence-corrected chi connectivity index (χ1v) is 9.59. The summed E-state index contributed by atoms with van der Waals surface area (Å²) in [5.41, 5.74) is 1.17. The van der Waals surface area contributed by atoms with Gasteiger partial charge in [0.2, 0.25) is 0 Å². The average molecular weight is 426 g/mol. The smallest absolute Gasteiger partial charge is 0.343 e. The van der Waals surface area contributed by atoms with E-state index in [-0.39, 0.29) is 18.1 Å². The van der Waals surface area contributed by atoms with Crippen molar-refractivity contribution in [3.8, 4) is 5.75 Å². The van der Waals surface area contributed by atoms with Gasteiger partial charge in [-0.15, -0.1) is 0 Å². The zero-order chi connectivity index (χ0) is 21.7. The van der Waals surface area contributed by atoms with E-state index < -0.39 is 11.9 Å². The number of aromatic carboxylic acids is 1. The standard InChI is InChI=1S/C21H18N2O6S/c1-23-19(25)17(11-13-6-3-4-9-16(13)29-12-18(24)28-2)30-21(23)22-15-8-5-7-14(10-15)20(26)27/h3-11H,12H2,1-2H3,(H,26,27)/b17-11-,22-21?. The molecule has 1 N–H and O–H groups in total. The number of amides is 1. The number of benzene rings is 2. The number of hydrogen-bond donors (Lipinski definition) is 1. The number of para-hydroxylation sites is 1. The summed E-state index contributed by atoms with van der Waals surface area (Å²) in [4.78, 5) is 41.3. The molecule has 1 fully saturated rings. The highest BCUT2D eigenvalue weighted by atomic mass is 32.2. The second-order valence-corrected chi connectivity index (χ2v) is 7.14. The molecular formula is C21H18N2O6S. The van der Waals surface area contributed by atoms with Crippen LogP contribution in [0.15, 0.2) is 58.4 Å². The lowest BCUT2D eigenvalue weighted by atomic mass is 10.2. The molecule has 0 spiro atoms. The summed E-state index contributed by atoms with van der Waals surface area (Å²) in [6, 6.07) is 13.2. The maximum absolute atomic E-state index is 12.7. The third kappa shape index (κ3) is 4.87. The molecule has 1 aliphatic rings. The molecule has 1 heterocycles. The molecule has 2 aromatic rings. The van der Waals surface area contributed by atoms with Crippen molar-refractivity contribution >= 4 is 46.5 Å².